The molecule has 0 aliphatic heterocycles. The van der Waals surface area contributed by atoms with Crippen molar-refractivity contribution in [2.24, 2.45) is 5.92 Å². The van der Waals surface area contributed by atoms with E-state index in [-0.39, 0.29) is 18.4 Å². The summed E-state index contributed by atoms with van der Waals surface area (Å²) in [6.07, 6.45) is 6.45. The summed E-state index contributed by atoms with van der Waals surface area (Å²) in [5.74, 6) is -1.13. The third-order valence-electron chi connectivity index (χ3n) is 2.82. The molecule has 1 aliphatic carbocycles. The molecule has 0 saturated carbocycles. The normalized spacial score (nSPS) is 19.0. The third kappa shape index (κ3) is 4.56. The smallest absolute Gasteiger partial charge is 0.323 e. The van der Waals surface area contributed by atoms with Gasteiger partial charge in [-0.05, 0) is 19.3 Å². The molecule has 5 heteroatoms. The predicted molar refractivity (Wildman–Crippen MR) is 62.6 cm³/mol. The van der Waals surface area contributed by atoms with Crippen LogP contribution in [0.4, 0.5) is 0 Å². The molecule has 17 heavy (non-hydrogen) atoms. The summed E-state index contributed by atoms with van der Waals surface area (Å²) in [6, 6.07) is 0. The Kier molecular flexibility index (Phi) is 5.69. The standard InChI is InChI=1S/C12H19NO4/c1-17-8-7-13(9-11(14)15)12(16)10-5-3-2-4-6-10/h2-3,10H,4-9H2,1H3,(H,14,15). The first-order chi connectivity index (χ1) is 8.15. The van der Waals surface area contributed by atoms with Gasteiger partial charge < -0.3 is 14.7 Å². The highest BCUT2D eigenvalue weighted by Crippen LogP contribution is 2.20. The van der Waals surface area contributed by atoms with Gasteiger partial charge in [-0.25, -0.2) is 0 Å². The molecule has 1 unspecified atom stereocenters. The van der Waals surface area contributed by atoms with E-state index in [1.54, 1.807) is 0 Å². The number of aliphatic carboxylic acids is 1. The minimum atomic E-state index is -0.985. The molecule has 0 heterocycles. The quantitative estimate of drug-likeness (QED) is 0.702. The van der Waals surface area contributed by atoms with Gasteiger partial charge in [-0.3, -0.25) is 9.59 Å². The van der Waals surface area contributed by atoms with Crippen LogP contribution in [0.25, 0.3) is 0 Å². The summed E-state index contributed by atoms with van der Waals surface area (Å²) in [4.78, 5) is 24.2. The van der Waals surface area contributed by atoms with Crippen LogP contribution >= 0.6 is 0 Å². The molecule has 0 fully saturated rings. The SMILES string of the molecule is COCCN(CC(=O)O)C(=O)C1CC=CCC1. The lowest BCUT2D eigenvalue weighted by Gasteiger charge is -2.26. The van der Waals surface area contributed by atoms with Crippen molar-refractivity contribution >= 4 is 11.9 Å². The van der Waals surface area contributed by atoms with Crippen LogP contribution in [0, 0.1) is 5.92 Å². The molecule has 96 valence electrons. The fourth-order valence-electron chi connectivity index (χ4n) is 1.91. The lowest BCUT2D eigenvalue weighted by molar-refractivity contribution is -0.146. The number of hydrogen-bond donors (Lipinski definition) is 1. The monoisotopic (exact) mass is 241 g/mol. The van der Waals surface area contributed by atoms with Crippen LogP contribution in [0.5, 0.6) is 0 Å². The van der Waals surface area contributed by atoms with Crippen molar-refractivity contribution in [3.05, 3.63) is 12.2 Å². The Morgan fingerprint density at radius 2 is 2.24 bits per heavy atom. The lowest BCUT2D eigenvalue weighted by Crippen LogP contribution is -2.41. The van der Waals surface area contributed by atoms with E-state index >= 15 is 0 Å². The number of rotatable bonds is 6. The number of carboxylic acids is 1. The van der Waals surface area contributed by atoms with E-state index in [0.717, 1.165) is 12.8 Å². The van der Waals surface area contributed by atoms with Gasteiger partial charge in [-0.15, -0.1) is 0 Å². The highest BCUT2D eigenvalue weighted by molar-refractivity contribution is 5.83. The van der Waals surface area contributed by atoms with Crippen LogP contribution in [0.3, 0.4) is 0 Å². The zero-order valence-corrected chi connectivity index (χ0v) is 10.1. The van der Waals surface area contributed by atoms with E-state index in [1.807, 2.05) is 6.08 Å². The van der Waals surface area contributed by atoms with Crippen LogP contribution in [-0.4, -0.2) is 48.7 Å². The summed E-state index contributed by atoms with van der Waals surface area (Å²) in [7, 11) is 1.53. The number of carbonyl (C=O) groups excluding carboxylic acids is 1. The van der Waals surface area contributed by atoms with Crippen LogP contribution < -0.4 is 0 Å². The zero-order chi connectivity index (χ0) is 12.7. The molecule has 0 radical (unpaired) electrons. The van der Waals surface area contributed by atoms with Crippen molar-refractivity contribution in [3.8, 4) is 0 Å². The molecular formula is C12H19NO4. The number of amides is 1. The van der Waals surface area contributed by atoms with Crippen molar-refractivity contribution in [2.45, 2.75) is 19.3 Å². The number of nitrogens with zero attached hydrogens (tertiary/aromatic N) is 1. The Bertz CT molecular complexity index is 301. The topological polar surface area (TPSA) is 66.8 Å². The number of ether oxygens (including phenoxy) is 1. The Morgan fingerprint density at radius 3 is 2.76 bits per heavy atom. The van der Waals surface area contributed by atoms with Gasteiger partial charge in [0.1, 0.15) is 6.54 Å². The molecular weight excluding hydrogens is 222 g/mol. The third-order valence-corrected chi connectivity index (χ3v) is 2.82. The van der Waals surface area contributed by atoms with Gasteiger partial charge in [-0.1, -0.05) is 12.2 Å². The molecule has 1 amide bonds. The summed E-state index contributed by atoms with van der Waals surface area (Å²) < 4.78 is 4.89. The van der Waals surface area contributed by atoms with E-state index in [1.165, 1.54) is 12.0 Å². The number of carbonyl (C=O) groups is 2. The molecule has 5 nitrogen and oxygen atoms in total. The van der Waals surface area contributed by atoms with Crippen LogP contribution in [0.2, 0.25) is 0 Å². The van der Waals surface area contributed by atoms with Gasteiger partial charge in [0.15, 0.2) is 0 Å². The van der Waals surface area contributed by atoms with Gasteiger partial charge in [0.05, 0.1) is 6.61 Å². The highest BCUT2D eigenvalue weighted by Gasteiger charge is 2.25. The van der Waals surface area contributed by atoms with Crippen molar-refractivity contribution in [1.82, 2.24) is 4.90 Å². The molecule has 0 spiro atoms. The Morgan fingerprint density at radius 1 is 1.47 bits per heavy atom. The predicted octanol–water partition coefficient (Wildman–Crippen LogP) is 0.902. The van der Waals surface area contributed by atoms with Crippen LogP contribution in [0.15, 0.2) is 12.2 Å². The van der Waals surface area contributed by atoms with E-state index < -0.39 is 5.97 Å². The Balaban J connectivity index is 2.57. The number of hydrogen-bond acceptors (Lipinski definition) is 3. The Labute approximate surface area is 101 Å². The van der Waals surface area contributed by atoms with Crippen molar-refractivity contribution < 1.29 is 19.4 Å². The van der Waals surface area contributed by atoms with Crippen LogP contribution in [-0.2, 0) is 14.3 Å². The second-order valence-corrected chi connectivity index (χ2v) is 4.13. The molecule has 0 bridgehead atoms. The van der Waals surface area contributed by atoms with E-state index in [2.05, 4.69) is 6.08 Å². The second-order valence-electron chi connectivity index (χ2n) is 4.13. The molecule has 0 aromatic rings. The molecule has 1 aliphatic rings. The summed E-state index contributed by atoms with van der Waals surface area (Å²) in [5.41, 5.74) is 0. The summed E-state index contributed by atoms with van der Waals surface area (Å²) >= 11 is 0. The molecule has 1 N–H and O–H groups in total. The molecule has 1 rings (SSSR count). The molecule has 0 saturated heterocycles. The highest BCUT2D eigenvalue weighted by atomic mass is 16.5. The Hall–Kier alpha value is -1.36. The first kappa shape index (κ1) is 13.7. The zero-order valence-electron chi connectivity index (χ0n) is 10.1. The van der Waals surface area contributed by atoms with Crippen molar-refractivity contribution in [3.63, 3.8) is 0 Å². The summed E-state index contributed by atoms with van der Waals surface area (Å²) in [5, 5.41) is 8.78. The van der Waals surface area contributed by atoms with Gasteiger partial charge in [0.25, 0.3) is 0 Å². The molecule has 1 atom stereocenters. The minimum Gasteiger partial charge on any atom is -0.480 e. The van der Waals surface area contributed by atoms with Gasteiger partial charge >= 0.3 is 5.97 Å². The molecule has 0 aromatic heterocycles. The average molecular weight is 241 g/mol. The van der Waals surface area contributed by atoms with Crippen LogP contribution in [0.1, 0.15) is 19.3 Å². The average Bonchev–Trinajstić information content (AvgIpc) is 2.34. The first-order valence-electron chi connectivity index (χ1n) is 5.79. The fourth-order valence-corrected chi connectivity index (χ4v) is 1.91. The van der Waals surface area contributed by atoms with Crippen molar-refractivity contribution in [1.29, 1.82) is 0 Å². The van der Waals surface area contributed by atoms with E-state index in [4.69, 9.17) is 9.84 Å². The molecule has 0 aromatic carbocycles. The van der Waals surface area contributed by atoms with Gasteiger partial charge in [0.2, 0.25) is 5.91 Å². The number of methoxy groups -OCH3 is 1. The van der Waals surface area contributed by atoms with E-state index in [0.29, 0.717) is 19.6 Å². The fraction of sp³-hybridized carbons (Fsp3) is 0.667. The maximum Gasteiger partial charge on any atom is 0.323 e. The first-order valence-corrected chi connectivity index (χ1v) is 5.79. The number of allylic oxidation sites excluding steroid dienone is 2. The minimum absolute atomic E-state index is 0.0730. The largest absolute Gasteiger partial charge is 0.480 e. The number of carboxylic acid groups (broad SMARTS) is 1. The summed E-state index contributed by atoms with van der Waals surface area (Å²) in [6.45, 7) is 0.450. The second kappa shape index (κ2) is 7.06. The van der Waals surface area contributed by atoms with Gasteiger partial charge in [0, 0.05) is 19.6 Å². The maximum absolute atomic E-state index is 12.1. The van der Waals surface area contributed by atoms with E-state index in [9.17, 15) is 9.59 Å². The lowest BCUT2D eigenvalue weighted by atomic mass is 9.93. The maximum atomic E-state index is 12.1. The van der Waals surface area contributed by atoms with Crippen molar-refractivity contribution in [2.75, 3.05) is 26.8 Å². The van der Waals surface area contributed by atoms with Gasteiger partial charge in [-0.2, -0.15) is 0 Å².